The first-order valence-electron chi connectivity index (χ1n) is 6.20. The molecule has 0 aliphatic heterocycles. The molecule has 0 amide bonds. The molecule has 1 aliphatic carbocycles. The standard InChI is InChI=1S/C12H22F3NO/c1-16(2)11(7-3-4-8-11)10(17)6-5-9-12(13,14)15/h10,17H,3-9H2,1-2H3. The second kappa shape index (κ2) is 5.57. The van der Waals surface area contributed by atoms with Crippen LogP contribution < -0.4 is 0 Å². The number of hydrogen-bond acceptors (Lipinski definition) is 2. The summed E-state index contributed by atoms with van der Waals surface area (Å²) in [6.45, 7) is 0. The molecule has 0 bridgehead atoms. The summed E-state index contributed by atoms with van der Waals surface area (Å²) in [5, 5.41) is 10.2. The normalized spacial score (nSPS) is 22.1. The summed E-state index contributed by atoms with van der Waals surface area (Å²) in [7, 11) is 3.80. The van der Waals surface area contributed by atoms with Crippen molar-refractivity contribution in [2.75, 3.05) is 14.1 Å². The summed E-state index contributed by atoms with van der Waals surface area (Å²) in [5.41, 5.74) is -0.300. The molecule has 1 fully saturated rings. The van der Waals surface area contributed by atoms with Crippen molar-refractivity contribution < 1.29 is 18.3 Å². The lowest BCUT2D eigenvalue weighted by molar-refractivity contribution is -0.137. The molecule has 0 radical (unpaired) electrons. The first kappa shape index (κ1) is 14.8. The van der Waals surface area contributed by atoms with E-state index in [0.29, 0.717) is 0 Å². The summed E-state index contributed by atoms with van der Waals surface area (Å²) >= 11 is 0. The average Bonchev–Trinajstić information content (AvgIpc) is 2.64. The van der Waals surface area contributed by atoms with Gasteiger partial charge in [-0.1, -0.05) is 12.8 Å². The monoisotopic (exact) mass is 253 g/mol. The second-order valence-electron chi connectivity index (χ2n) is 5.23. The highest BCUT2D eigenvalue weighted by atomic mass is 19.4. The van der Waals surface area contributed by atoms with Crippen LogP contribution in [0.5, 0.6) is 0 Å². The maximum absolute atomic E-state index is 12.0. The van der Waals surface area contributed by atoms with Gasteiger partial charge in [-0.2, -0.15) is 13.2 Å². The Hall–Kier alpha value is -0.290. The van der Waals surface area contributed by atoms with E-state index in [9.17, 15) is 18.3 Å². The Morgan fingerprint density at radius 1 is 1.24 bits per heavy atom. The summed E-state index contributed by atoms with van der Waals surface area (Å²) in [6.07, 6.45) is -1.45. The van der Waals surface area contributed by atoms with E-state index in [-0.39, 0.29) is 18.4 Å². The van der Waals surface area contributed by atoms with Crippen LogP contribution in [0.4, 0.5) is 13.2 Å². The quantitative estimate of drug-likeness (QED) is 0.814. The largest absolute Gasteiger partial charge is 0.391 e. The number of halogens is 3. The molecule has 1 N–H and O–H groups in total. The van der Waals surface area contributed by atoms with Crippen molar-refractivity contribution in [3.8, 4) is 0 Å². The third-order valence-electron chi connectivity index (χ3n) is 3.92. The van der Waals surface area contributed by atoms with Crippen molar-refractivity contribution in [3.63, 3.8) is 0 Å². The molecular formula is C12H22F3NO. The zero-order valence-electron chi connectivity index (χ0n) is 10.6. The van der Waals surface area contributed by atoms with Crippen LogP contribution in [0.2, 0.25) is 0 Å². The van der Waals surface area contributed by atoms with E-state index in [1.54, 1.807) is 0 Å². The lowest BCUT2D eigenvalue weighted by Gasteiger charge is -2.40. The fraction of sp³-hybridized carbons (Fsp3) is 1.00. The molecular weight excluding hydrogens is 231 g/mol. The first-order chi connectivity index (χ1) is 7.78. The number of rotatable bonds is 5. The van der Waals surface area contributed by atoms with Crippen LogP contribution in [-0.2, 0) is 0 Å². The van der Waals surface area contributed by atoms with Gasteiger partial charge >= 0.3 is 6.18 Å². The Labute approximate surface area is 101 Å². The van der Waals surface area contributed by atoms with Crippen LogP contribution in [0, 0.1) is 0 Å². The minimum Gasteiger partial charge on any atom is -0.391 e. The molecule has 1 unspecified atom stereocenters. The van der Waals surface area contributed by atoms with Crippen molar-refractivity contribution in [2.24, 2.45) is 0 Å². The average molecular weight is 253 g/mol. The van der Waals surface area contributed by atoms with E-state index in [2.05, 4.69) is 0 Å². The summed E-state index contributed by atoms with van der Waals surface area (Å²) in [4.78, 5) is 1.98. The molecule has 1 rings (SSSR count). The number of likely N-dealkylation sites (N-methyl/N-ethyl adjacent to an activating group) is 1. The van der Waals surface area contributed by atoms with E-state index >= 15 is 0 Å². The molecule has 5 heteroatoms. The topological polar surface area (TPSA) is 23.5 Å². The van der Waals surface area contributed by atoms with Crippen molar-refractivity contribution >= 4 is 0 Å². The van der Waals surface area contributed by atoms with E-state index in [4.69, 9.17) is 0 Å². The van der Waals surface area contributed by atoms with Crippen LogP contribution in [0.15, 0.2) is 0 Å². The second-order valence-corrected chi connectivity index (χ2v) is 5.23. The van der Waals surface area contributed by atoms with Gasteiger partial charge < -0.3 is 10.0 Å². The molecule has 1 atom stereocenters. The highest BCUT2D eigenvalue weighted by Gasteiger charge is 2.42. The van der Waals surface area contributed by atoms with Gasteiger partial charge in [0.2, 0.25) is 0 Å². The minimum atomic E-state index is -4.11. The third kappa shape index (κ3) is 3.85. The molecule has 17 heavy (non-hydrogen) atoms. The molecule has 2 nitrogen and oxygen atoms in total. The number of aliphatic hydroxyl groups is 1. The zero-order valence-corrected chi connectivity index (χ0v) is 10.6. The van der Waals surface area contributed by atoms with E-state index in [0.717, 1.165) is 25.7 Å². The molecule has 0 saturated heterocycles. The Kier molecular flexibility index (Phi) is 4.84. The third-order valence-corrected chi connectivity index (χ3v) is 3.92. The van der Waals surface area contributed by atoms with Gasteiger partial charge in [0, 0.05) is 12.0 Å². The number of alkyl halides is 3. The summed E-state index contributed by atoms with van der Waals surface area (Å²) < 4.78 is 36.1. The van der Waals surface area contributed by atoms with E-state index in [1.807, 2.05) is 19.0 Å². The van der Waals surface area contributed by atoms with Gasteiger partial charge in [-0.05, 0) is 39.8 Å². The van der Waals surface area contributed by atoms with Gasteiger partial charge in [-0.3, -0.25) is 0 Å². The van der Waals surface area contributed by atoms with Crippen LogP contribution in [0.25, 0.3) is 0 Å². The van der Waals surface area contributed by atoms with Gasteiger partial charge in [0.25, 0.3) is 0 Å². The van der Waals surface area contributed by atoms with Crippen LogP contribution in [0.1, 0.15) is 44.9 Å². The number of nitrogens with zero attached hydrogens (tertiary/aromatic N) is 1. The SMILES string of the molecule is CN(C)C1(C(O)CCCC(F)(F)F)CCCC1. The van der Waals surface area contributed by atoms with E-state index in [1.165, 1.54) is 0 Å². The van der Waals surface area contributed by atoms with E-state index < -0.39 is 18.7 Å². The Balaban J connectivity index is 2.47. The maximum Gasteiger partial charge on any atom is 0.389 e. The smallest absolute Gasteiger partial charge is 0.389 e. The number of aliphatic hydroxyl groups excluding tert-OH is 1. The maximum atomic E-state index is 12.0. The van der Waals surface area contributed by atoms with Crippen molar-refractivity contribution in [1.29, 1.82) is 0 Å². The lowest BCUT2D eigenvalue weighted by Crippen LogP contribution is -2.51. The van der Waals surface area contributed by atoms with Gasteiger partial charge in [-0.15, -0.1) is 0 Å². The Bertz CT molecular complexity index is 234. The van der Waals surface area contributed by atoms with Gasteiger partial charge in [0.05, 0.1) is 6.10 Å². The summed E-state index contributed by atoms with van der Waals surface area (Å²) in [6, 6.07) is 0. The van der Waals surface area contributed by atoms with Crippen LogP contribution in [0.3, 0.4) is 0 Å². The molecule has 0 spiro atoms. The fourth-order valence-electron chi connectivity index (χ4n) is 2.83. The molecule has 1 aliphatic rings. The molecule has 0 aromatic heterocycles. The molecule has 0 aromatic carbocycles. The lowest BCUT2D eigenvalue weighted by atomic mass is 9.86. The van der Waals surface area contributed by atoms with Crippen LogP contribution in [-0.4, -0.2) is 41.9 Å². The van der Waals surface area contributed by atoms with Crippen LogP contribution >= 0.6 is 0 Å². The van der Waals surface area contributed by atoms with Gasteiger partial charge in [-0.25, -0.2) is 0 Å². The predicted octanol–water partition coefficient (Wildman–Crippen LogP) is 2.95. The highest BCUT2D eigenvalue weighted by Crippen LogP contribution is 2.38. The molecule has 0 aromatic rings. The van der Waals surface area contributed by atoms with Gasteiger partial charge in [0.15, 0.2) is 0 Å². The number of hydrogen-bond donors (Lipinski definition) is 1. The highest BCUT2D eigenvalue weighted by molar-refractivity contribution is 4.98. The Morgan fingerprint density at radius 2 is 1.76 bits per heavy atom. The molecule has 0 heterocycles. The fourth-order valence-corrected chi connectivity index (χ4v) is 2.83. The first-order valence-corrected chi connectivity index (χ1v) is 6.20. The molecule has 1 saturated carbocycles. The predicted molar refractivity (Wildman–Crippen MR) is 60.8 cm³/mol. The van der Waals surface area contributed by atoms with Crippen molar-refractivity contribution in [1.82, 2.24) is 4.90 Å². The van der Waals surface area contributed by atoms with Crippen molar-refractivity contribution in [2.45, 2.75) is 62.8 Å². The van der Waals surface area contributed by atoms with Crippen molar-refractivity contribution in [3.05, 3.63) is 0 Å². The Morgan fingerprint density at radius 3 is 2.18 bits per heavy atom. The van der Waals surface area contributed by atoms with Gasteiger partial charge in [0.1, 0.15) is 0 Å². The zero-order chi connectivity index (χ0) is 13.1. The minimum absolute atomic E-state index is 0.0141. The summed E-state index contributed by atoms with van der Waals surface area (Å²) in [5.74, 6) is 0. The molecule has 102 valence electrons.